The predicted octanol–water partition coefficient (Wildman–Crippen LogP) is 2.92. The van der Waals surface area contributed by atoms with E-state index in [9.17, 15) is 4.79 Å². The van der Waals surface area contributed by atoms with Crippen molar-refractivity contribution in [2.45, 2.75) is 13.1 Å². The molecule has 156 valence electrons. The van der Waals surface area contributed by atoms with Crippen LogP contribution in [0.25, 0.3) is 11.1 Å². The van der Waals surface area contributed by atoms with Gasteiger partial charge in [0, 0.05) is 29.5 Å². The third-order valence-electron chi connectivity index (χ3n) is 7.39. The Bertz CT molecular complexity index is 1410. The molecule has 2 atom stereocenters. The Morgan fingerprint density at radius 1 is 0.594 bits per heavy atom. The number of para-hydroxylation sites is 1. The van der Waals surface area contributed by atoms with Crippen LogP contribution in [0.4, 0.5) is 11.4 Å². The van der Waals surface area contributed by atoms with Gasteiger partial charge in [-0.05, 0) is 44.0 Å². The van der Waals surface area contributed by atoms with Crippen molar-refractivity contribution in [3.05, 3.63) is 96.1 Å². The van der Waals surface area contributed by atoms with Gasteiger partial charge in [0.25, 0.3) is 0 Å². The highest BCUT2D eigenvalue weighted by atomic mass is 28.3. The molecule has 0 saturated carbocycles. The Morgan fingerprint density at radius 2 is 1.16 bits per heavy atom. The standard InChI is InChI=1S/C28H25NOSi2/c1-29-22-9-5-7-11-25(22)32(3)27-17-19(13-15-23(27)29)18-12-14-21-26(16-18)31(2)24-10-6-4-8-20(24)28(21)30/h4-17,31-32H,1-3H3/t31-,32+/m1/s1. The van der Waals surface area contributed by atoms with E-state index in [0.29, 0.717) is 0 Å². The molecule has 2 nitrogen and oxygen atoms in total. The molecule has 0 unspecified atom stereocenters. The van der Waals surface area contributed by atoms with Crippen molar-refractivity contribution in [1.82, 2.24) is 0 Å². The number of benzene rings is 4. The van der Waals surface area contributed by atoms with E-state index >= 15 is 0 Å². The van der Waals surface area contributed by atoms with Crippen LogP contribution < -0.4 is 25.6 Å². The van der Waals surface area contributed by atoms with Gasteiger partial charge in [0.05, 0.1) is 0 Å². The first kappa shape index (κ1) is 19.5. The minimum absolute atomic E-state index is 0.178. The highest BCUT2D eigenvalue weighted by molar-refractivity contribution is 6.88. The fourth-order valence-electron chi connectivity index (χ4n) is 5.54. The topological polar surface area (TPSA) is 20.3 Å². The van der Waals surface area contributed by atoms with Crippen LogP contribution >= 0.6 is 0 Å². The number of rotatable bonds is 1. The van der Waals surface area contributed by atoms with Gasteiger partial charge in [0.1, 0.15) is 17.6 Å². The van der Waals surface area contributed by atoms with Gasteiger partial charge in [-0.1, -0.05) is 85.9 Å². The number of ketones is 1. The number of fused-ring (bicyclic) bond motifs is 4. The number of carbonyl (C=O) groups is 1. The minimum Gasteiger partial charge on any atom is -0.345 e. The van der Waals surface area contributed by atoms with Gasteiger partial charge in [-0.25, -0.2) is 0 Å². The van der Waals surface area contributed by atoms with Crippen molar-refractivity contribution in [3.63, 3.8) is 0 Å². The summed E-state index contributed by atoms with van der Waals surface area (Å²) >= 11 is 0. The molecule has 32 heavy (non-hydrogen) atoms. The summed E-state index contributed by atoms with van der Waals surface area (Å²) in [7, 11) is -0.477. The molecule has 4 heteroatoms. The van der Waals surface area contributed by atoms with Crippen molar-refractivity contribution < 1.29 is 4.79 Å². The molecule has 0 bridgehead atoms. The summed E-state index contributed by atoms with van der Waals surface area (Å²) in [4.78, 5) is 15.4. The number of hydrogen-bond acceptors (Lipinski definition) is 2. The van der Waals surface area contributed by atoms with E-state index < -0.39 is 17.6 Å². The van der Waals surface area contributed by atoms with Crippen molar-refractivity contribution in [3.8, 4) is 11.1 Å². The molecule has 0 amide bonds. The Labute approximate surface area is 192 Å². The van der Waals surface area contributed by atoms with Crippen molar-refractivity contribution in [1.29, 1.82) is 0 Å². The van der Waals surface area contributed by atoms with Crippen LogP contribution in [-0.2, 0) is 0 Å². The second kappa shape index (κ2) is 7.15. The smallest absolute Gasteiger partial charge is 0.192 e. The lowest BCUT2D eigenvalue weighted by Gasteiger charge is -2.34. The molecule has 2 aliphatic heterocycles. The maximum atomic E-state index is 13.1. The van der Waals surface area contributed by atoms with Gasteiger partial charge < -0.3 is 4.90 Å². The number of nitrogens with zero attached hydrogens (tertiary/aromatic N) is 1. The molecule has 0 spiro atoms. The second-order valence-electron chi connectivity index (χ2n) is 9.05. The van der Waals surface area contributed by atoms with Gasteiger partial charge in [0.2, 0.25) is 0 Å². The fraction of sp³-hybridized carbons (Fsp3) is 0.107. The Hall–Kier alpha value is -3.22. The molecule has 0 fully saturated rings. The molecule has 0 N–H and O–H groups in total. The van der Waals surface area contributed by atoms with Crippen LogP contribution in [0.2, 0.25) is 13.1 Å². The fourth-order valence-corrected chi connectivity index (χ4v) is 10.7. The van der Waals surface area contributed by atoms with E-state index in [1.165, 1.54) is 43.2 Å². The Kier molecular flexibility index (Phi) is 4.35. The SMILES string of the molecule is CN1c2ccccc2[Si@H](C)c2cc(-c3ccc4c(c3)[Si@H](C)c3ccccc3C4=O)ccc21. The Morgan fingerprint density at radius 3 is 1.97 bits per heavy atom. The van der Waals surface area contributed by atoms with Crippen LogP contribution in [-0.4, -0.2) is 30.4 Å². The molecule has 0 radical (unpaired) electrons. The first-order valence-electron chi connectivity index (χ1n) is 11.3. The normalized spacial score (nSPS) is 18.5. The van der Waals surface area contributed by atoms with Crippen molar-refractivity contribution in [2.24, 2.45) is 0 Å². The molecular formula is C28H25NOSi2. The van der Waals surface area contributed by atoms with E-state index in [2.05, 4.69) is 97.8 Å². The molecule has 4 aromatic rings. The zero-order valence-corrected chi connectivity index (χ0v) is 20.9. The van der Waals surface area contributed by atoms with Gasteiger partial charge >= 0.3 is 0 Å². The van der Waals surface area contributed by atoms with E-state index in [1.807, 2.05) is 12.1 Å². The second-order valence-corrected chi connectivity index (χ2v) is 14.4. The molecule has 0 saturated heterocycles. The third-order valence-corrected chi connectivity index (χ3v) is 13.1. The molecular weight excluding hydrogens is 422 g/mol. The summed E-state index contributed by atoms with van der Waals surface area (Å²) in [5, 5.41) is 5.55. The van der Waals surface area contributed by atoms with Crippen LogP contribution in [0.5, 0.6) is 0 Å². The summed E-state index contributed by atoms with van der Waals surface area (Å²) in [6, 6.07) is 30.5. The Balaban J connectivity index is 1.45. The lowest BCUT2D eigenvalue weighted by Crippen LogP contribution is -2.49. The van der Waals surface area contributed by atoms with Crippen molar-refractivity contribution >= 4 is 55.5 Å². The summed E-state index contributed by atoms with van der Waals surface area (Å²) in [6.07, 6.45) is 0. The highest BCUT2D eigenvalue weighted by Crippen LogP contribution is 2.29. The van der Waals surface area contributed by atoms with E-state index in [4.69, 9.17) is 0 Å². The molecule has 2 aliphatic rings. The van der Waals surface area contributed by atoms with Gasteiger partial charge in [0.15, 0.2) is 5.78 Å². The number of hydrogen-bond donors (Lipinski definition) is 0. The molecule has 0 aromatic heterocycles. The molecule has 4 aromatic carbocycles. The lowest BCUT2D eigenvalue weighted by molar-refractivity contribution is 0.104. The zero-order chi connectivity index (χ0) is 22.0. The zero-order valence-electron chi connectivity index (χ0n) is 18.6. The van der Waals surface area contributed by atoms with E-state index in [-0.39, 0.29) is 5.78 Å². The van der Waals surface area contributed by atoms with Gasteiger partial charge in [-0.3, -0.25) is 4.79 Å². The van der Waals surface area contributed by atoms with E-state index in [1.54, 1.807) is 0 Å². The van der Waals surface area contributed by atoms with Gasteiger partial charge in [-0.15, -0.1) is 0 Å². The number of carbonyl (C=O) groups excluding carboxylic acids is 1. The third kappa shape index (κ3) is 2.73. The first-order chi connectivity index (χ1) is 15.5. The minimum atomic E-state index is -1.39. The number of anilines is 2. The average Bonchev–Trinajstić information content (AvgIpc) is 2.85. The molecule has 2 heterocycles. The van der Waals surface area contributed by atoms with Gasteiger partial charge in [-0.2, -0.15) is 0 Å². The molecule has 0 aliphatic carbocycles. The summed E-state index contributed by atoms with van der Waals surface area (Å²) in [5.74, 6) is 0.178. The van der Waals surface area contributed by atoms with Crippen molar-refractivity contribution in [2.75, 3.05) is 11.9 Å². The summed E-state index contributed by atoms with van der Waals surface area (Å²) < 4.78 is 0. The largest absolute Gasteiger partial charge is 0.345 e. The monoisotopic (exact) mass is 447 g/mol. The lowest BCUT2D eigenvalue weighted by atomic mass is 9.98. The average molecular weight is 448 g/mol. The maximum Gasteiger partial charge on any atom is 0.192 e. The predicted molar refractivity (Wildman–Crippen MR) is 141 cm³/mol. The van der Waals surface area contributed by atoms with Crippen LogP contribution in [0.3, 0.4) is 0 Å². The summed E-state index contributed by atoms with van der Waals surface area (Å²) in [5.41, 5.74) is 6.96. The highest BCUT2D eigenvalue weighted by Gasteiger charge is 2.30. The maximum absolute atomic E-state index is 13.1. The summed E-state index contributed by atoms with van der Waals surface area (Å²) in [6.45, 7) is 4.79. The first-order valence-corrected chi connectivity index (χ1v) is 15.9. The van der Waals surface area contributed by atoms with Crippen LogP contribution in [0, 0.1) is 0 Å². The van der Waals surface area contributed by atoms with Crippen LogP contribution in [0.1, 0.15) is 15.9 Å². The molecule has 6 rings (SSSR count). The van der Waals surface area contributed by atoms with E-state index in [0.717, 1.165) is 11.1 Å². The van der Waals surface area contributed by atoms with Crippen LogP contribution in [0.15, 0.2) is 84.9 Å². The quantitative estimate of drug-likeness (QED) is 0.418.